The molecule has 19 heavy (non-hydrogen) atoms. The molecule has 2 aromatic rings. The summed E-state index contributed by atoms with van der Waals surface area (Å²) in [4.78, 5) is 26.7. The summed E-state index contributed by atoms with van der Waals surface area (Å²) in [6, 6.07) is 7.75. The Morgan fingerprint density at radius 1 is 1.26 bits per heavy atom. The fourth-order valence-corrected chi connectivity index (χ4v) is 2.67. The molecule has 0 aliphatic rings. The zero-order valence-corrected chi connectivity index (χ0v) is 11.5. The molecule has 1 N–H and O–H groups in total. The van der Waals surface area contributed by atoms with Crippen LogP contribution in [-0.2, 0) is 6.42 Å². The number of hydrogen-bond donors (Lipinski definition) is 1. The molecule has 1 heterocycles. The van der Waals surface area contributed by atoms with Crippen LogP contribution < -0.4 is 0 Å². The minimum atomic E-state index is -1.17. The second-order valence-electron chi connectivity index (χ2n) is 4.11. The van der Waals surface area contributed by atoms with Crippen LogP contribution in [0.1, 0.15) is 39.6 Å². The molecule has 0 aliphatic carbocycles. The predicted molar refractivity (Wildman–Crippen MR) is 73.9 cm³/mol. The zero-order chi connectivity index (χ0) is 14.0. The van der Waals surface area contributed by atoms with Gasteiger partial charge in [-0.15, -0.1) is 11.3 Å². The van der Waals surface area contributed by atoms with Crippen LogP contribution in [0.2, 0.25) is 0 Å². The molecular weight excluding hydrogens is 262 g/mol. The van der Waals surface area contributed by atoms with E-state index in [-0.39, 0.29) is 16.4 Å². The van der Waals surface area contributed by atoms with Gasteiger partial charge in [0.15, 0.2) is 11.5 Å². The topological polar surface area (TPSA) is 67.3 Å². The number of carboxylic acid groups (broad SMARTS) is 1. The third kappa shape index (κ3) is 2.71. The predicted octanol–water partition coefficient (Wildman–Crippen LogP) is 3.27. The van der Waals surface area contributed by atoms with Crippen molar-refractivity contribution in [3.63, 3.8) is 0 Å². The molecule has 5 heteroatoms. The van der Waals surface area contributed by atoms with Crippen LogP contribution in [0.25, 0.3) is 10.6 Å². The van der Waals surface area contributed by atoms with E-state index >= 15 is 0 Å². The molecule has 0 amide bonds. The molecule has 0 atom stereocenters. The number of benzene rings is 1. The Morgan fingerprint density at radius 3 is 2.32 bits per heavy atom. The van der Waals surface area contributed by atoms with Gasteiger partial charge in [0, 0.05) is 12.5 Å². The van der Waals surface area contributed by atoms with E-state index in [1.807, 2.05) is 24.3 Å². The summed E-state index contributed by atoms with van der Waals surface area (Å²) in [5.74, 6) is -1.44. The number of carbonyl (C=O) groups excluding carboxylic acids is 1. The number of ketones is 1. The summed E-state index contributed by atoms with van der Waals surface area (Å²) < 4.78 is 0. The van der Waals surface area contributed by atoms with Gasteiger partial charge in [0.1, 0.15) is 9.88 Å². The first kappa shape index (κ1) is 13.4. The van der Waals surface area contributed by atoms with E-state index in [1.165, 1.54) is 12.5 Å². The van der Waals surface area contributed by atoms with Crippen molar-refractivity contribution in [1.29, 1.82) is 0 Å². The fourth-order valence-electron chi connectivity index (χ4n) is 1.71. The molecule has 0 bridgehead atoms. The van der Waals surface area contributed by atoms with Crippen molar-refractivity contribution < 1.29 is 14.7 Å². The van der Waals surface area contributed by atoms with Crippen LogP contribution in [-0.4, -0.2) is 21.8 Å². The number of thiazole rings is 1. The second-order valence-corrected chi connectivity index (χ2v) is 5.11. The number of aromatic nitrogens is 1. The van der Waals surface area contributed by atoms with Gasteiger partial charge >= 0.3 is 5.97 Å². The van der Waals surface area contributed by atoms with Crippen molar-refractivity contribution >= 4 is 23.1 Å². The Kier molecular flexibility index (Phi) is 3.76. The van der Waals surface area contributed by atoms with Crippen molar-refractivity contribution in [2.75, 3.05) is 0 Å². The van der Waals surface area contributed by atoms with E-state index in [1.54, 1.807) is 0 Å². The highest BCUT2D eigenvalue weighted by atomic mass is 32.1. The Morgan fingerprint density at radius 2 is 1.89 bits per heavy atom. The standard InChI is InChI=1S/C14H13NO3S/c1-3-9-4-6-10(7-5-9)13-15-11(14(17)18)12(19-13)8(2)16/h4-7H,3H2,1-2H3,(H,17,18). The SMILES string of the molecule is CCc1ccc(-c2nc(C(=O)O)c(C(C)=O)s2)cc1. The first-order valence-corrected chi connectivity index (χ1v) is 6.69. The third-order valence-corrected chi connectivity index (χ3v) is 3.96. The quantitative estimate of drug-likeness (QED) is 0.869. The molecule has 0 unspecified atom stereocenters. The van der Waals surface area contributed by atoms with E-state index in [0.29, 0.717) is 5.01 Å². The molecule has 0 saturated carbocycles. The Hall–Kier alpha value is -2.01. The van der Waals surface area contributed by atoms with E-state index in [9.17, 15) is 9.59 Å². The molecule has 1 aromatic heterocycles. The second kappa shape index (κ2) is 5.32. The number of nitrogens with zero attached hydrogens (tertiary/aromatic N) is 1. The van der Waals surface area contributed by atoms with E-state index in [2.05, 4.69) is 11.9 Å². The summed E-state index contributed by atoms with van der Waals surface area (Å²) in [5.41, 5.74) is 1.87. The Balaban J connectivity index is 2.47. The van der Waals surface area contributed by atoms with Crippen LogP contribution in [0.4, 0.5) is 0 Å². The molecule has 4 nitrogen and oxygen atoms in total. The largest absolute Gasteiger partial charge is 0.476 e. The van der Waals surface area contributed by atoms with Gasteiger partial charge in [-0.2, -0.15) is 0 Å². The average Bonchev–Trinajstić information content (AvgIpc) is 2.84. The molecule has 0 radical (unpaired) electrons. The Bertz CT molecular complexity index is 597. The number of carbonyl (C=O) groups is 2. The van der Waals surface area contributed by atoms with Crippen molar-refractivity contribution in [2.45, 2.75) is 20.3 Å². The monoisotopic (exact) mass is 275 g/mol. The van der Waals surface area contributed by atoms with Crippen LogP contribution >= 0.6 is 11.3 Å². The highest BCUT2D eigenvalue weighted by molar-refractivity contribution is 7.17. The molecule has 0 saturated heterocycles. The highest BCUT2D eigenvalue weighted by Crippen LogP contribution is 2.28. The van der Waals surface area contributed by atoms with Gasteiger partial charge in [-0.05, 0) is 12.0 Å². The maximum Gasteiger partial charge on any atom is 0.356 e. The molecule has 98 valence electrons. The maximum absolute atomic E-state index is 11.4. The molecule has 2 rings (SSSR count). The summed E-state index contributed by atoms with van der Waals surface area (Å²) in [5, 5.41) is 9.61. The first-order valence-electron chi connectivity index (χ1n) is 5.87. The smallest absolute Gasteiger partial charge is 0.356 e. The van der Waals surface area contributed by atoms with Crippen LogP contribution in [0.3, 0.4) is 0 Å². The first-order chi connectivity index (χ1) is 9.02. The van der Waals surface area contributed by atoms with Crippen molar-refractivity contribution in [2.24, 2.45) is 0 Å². The number of rotatable bonds is 4. The number of aryl methyl sites for hydroxylation is 1. The third-order valence-electron chi connectivity index (χ3n) is 2.76. The lowest BCUT2D eigenvalue weighted by Gasteiger charge is -1.98. The summed E-state index contributed by atoms with van der Waals surface area (Å²) >= 11 is 1.12. The van der Waals surface area contributed by atoms with Gasteiger partial charge in [0.25, 0.3) is 0 Å². The maximum atomic E-state index is 11.4. The molecule has 0 spiro atoms. The van der Waals surface area contributed by atoms with E-state index in [0.717, 1.165) is 23.3 Å². The summed E-state index contributed by atoms with van der Waals surface area (Å²) in [6.07, 6.45) is 0.942. The lowest BCUT2D eigenvalue weighted by molar-refractivity contribution is 0.0687. The van der Waals surface area contributed by atoms with Crippen LogP contribution in [0.5, 0.6) is 0 Å². The van der Waals surface area contributed by atoms with Gasteiger partial charge in [0.2, 0.25) is 0 Å². The lowest BCUT2D eigenvalue weighted by atomic mass is 10.1. The van der Waals surface area contributed by atoms with Crippen LogP contribution in [0.15, 0.2) is 24.3 Å². The molecule has 0 aliphatic heterocycles. The fraction of sp³-hybridized carbons (Fsp3) is 0.214. The van der Waals surface area contributed by atoms with Gasteiger partial charge in [-0.1, -0.05) is 31.2 Å². The normalized spacial score (nSPS) is 10.4. The van der Waals surface area contributed by atoms with E-state index in [4.69, 9.17) is 5.11 Å². The summed E-state index contributed by atoms with van der Waals surface area (Å²) in [7, 11) is 0. The minimum absolute atomic E-state index is 0.160. The molecule has 0 fully saturated rings. The van der Waals surface area contributed by atoms with Gasteiger partial charge in [0.05, 0.1) is 0 Å². The minimum Gasteiger partial charge on any atom is -0.476 e. The van der Waals surface area contributed by atoms with Gasteiger partial charge < -0.3 is 5.11 Å². The van der Waals surface area contributed by atoms with E-state index < -0.39 is 5.97 Å². The number of aromatic carboxylic acids is 1. The lowest BCUT2D eigenvalue weighted by Crippen LogP contribution is -2.03. The number of Topliss-reactive ketones (excluding diaryl/α,β-unsaturated/α-hetero) is 1. The highest BCUT2D eigenvalue weighted by Gasteiger charge is 2.20. The van der Waals surface area contributed by atoms with Crippen molar-refractivity contribution in [3.8, 4) is 10.6 Å². The molecule has 1 aromatic carbocycles. The van der Waals surface area contributed by atoms with Gasteiger partial charge in [-0.25, -0.2) is 9.78 Å². The number of hydrogen-bond acceptors (Lipinski definition) is 4. The summed E-state index contributed by atoms with van der Waals surface area (Å²) in [6.45, 7) is 3.42. The Labute approximate surface area is 114 Å². The van der Waals surface area contributed by atoms with Crippen molar-refractivity contribution in [3.05, 3.63) is 40.4 Å². The average molecular weight is 275 g/mol. The number of carboxylic acids is 1. The van der Waals surface area contributed by atoms with Crippen molar-refractivity contribution in [1.82, 2.24) is 4.98 Å². The van der Waals surface area contributed by atoms with Gasteiger partial charge in [-0.3, -0.25) is 4.79 Å². The molecular formula is C14H13NO3S. The zero-order valence-electron chi connectivity index (χ0n) is 10.6. The van der Waals surface area contributed by atoms with Crippen LogP contribution in [0, 0.1) is 0 Å².